The summed E-state index contributed by atoms with van der Waals surface area (Å²) in [5, 5.41) is 0. The van der Waals surface area contributed by atoms with Crippen LogP contribution in [-0.2, 0) is 19.1 Å². The van der Waals surface area contributed by atoms with Crippen LogP contribution in [0.2, 0.25) is 0 Å². The number of nitrogens with one attached hydrogen (secondary N) is 2. The fourth-order valence-corrected chi connectivity index (χ4v) is 1.26. The topological polar surface area (TPSA) is 87.7 Å². The van der Waals surface area contributed by atoms with Crippen LogP contribution in [0, 0.1) is 5.41 Å². The molecule has 0 atom stereocenters. The summed E-state index contributed by atoms with van der Waals surface area (Å²) in [5.41, 5.74) is 3.71. The number of hydrazine groups is 1. The van der Waals surface area contributed by atoms with E-state index in [0.717, 1.165) is 0 Å². The Balaban J connectivity index is 2.40. The molecular formula is C11H19N3O4. The van der Waals surface area contributed by atoms with Gasteiger partial charge in [-0.3, -0.25) is 25.2 Å². The minimum Gasteiger partial charge on any atom is -0.378 e. The normalized spacial score (nSPS) is 16.1. The monoisotopic (exact) mass is 257 g/mol. The lowest BCUT2D eigenvalue weighted by atomic mass is 9.96. The van der Waals surface area contributed by atoms with Crippen molar-refractivity contribution in [3.05, 3.63) is 0 Å². The Bertz CT molecular complexity index is 343. The number of carbonyl (C=O) groups is 3. The van der Waals surface area contributed by atoms with Crippen molar-refractivity contribution < 1.29 is 19.1 Å². The van der Waals surface area contributed by atoms with E-state index in [1.165, 1.54) is 4.90 Å². The van der Waals surface area contributed by atoms with Gasteiger partial charge in [-0.25, -0.2) is 0 Å². The third-order valence-electron chi connectivity index (χ3n) is 2.46. The molecular weight excluding hydrogens is 238 g/mol. The molecule has 0 aromatic rings. The molecule has 1 fully saturated rings. The lowest BCUT2D eigenvalue weighted by Crippen LogP contribution is -2.53. The molecule has 18 heavy (non-hydrogen) atoms. The molecule has 1 saturated heterocycles. The second-order valence-corrected chi connectivity index (χ2v) is 5.06. The van der Waals surface area contributed by atoms with Gasteiger partial charge in [-0.2, -0.15) is 0 Å². The molecule has 7 nitrogen and oxygen atoms in total. The van der Waals surface area contributed by atoms with Crippen LogP contribution in [0.1, 0.15) is 20.8 Å². The summed E-state index contributed by atoms with van der Waals surface area (Å²) in [5.74, 6) is -1.85. The fourth-order valence-electron chi connectivity index (χ4n) is 1.26. The van der Waals surface area contributed by atoms with Gasteiger partial charge in [-0.1, -0.05) is 20.8 Å². The zero-order valence-electron chi connectivity index (χ0n) is 10.9. The molecule has 0 unspecified atom stereocenters. The summed E-state index contributed by atoms with van der Waals surface area (Å²) in [7, 11) is 0. The molecule has 0 bridgehead atoms. The van der Waals surface area contributed by atoms with Crippen molar-refractivity contribution >= 4 is 17.7 Å². The van der Waals surface area contributed by atoms with Gasteiger partial charge in [-0.05, 0) is 0 Å². The molecule has 0 aromatic heterocycles. The minimum absolute atomic E-state index is 0.356. The molecule has 2 N–H and O–H groups in total. The summed E-state index contributed by atoms with van der Waals surface area (Å²) in [6.07, 6.45) is 0. The number of carbonyl (C=O) groups excluding carboxylic acids is 3. The Morgan fingerprint density at radius 2 is 1.61 bits per heavy atom. The van der Waals surface area contributed by atoms with Crippen LogP contribution >= 0.6 is 0 Å². The van der Waals surface area contributed by atoms with Crippen LogP contribution in [-0.4, -0.2) is 48.9 Å². The summed E-state index contributed by atoms with van der Waals surface area (Å²) < 4.78 is 5.08. The first kappa shape index (κ1) is 14.4. The molecule has 0 saturated carbocycles. The van der Waals surface area contributed by atoms with E-state index in [0.29, 0.717) is 26.3 Å². The van der Waals surface area contributed by atoms with Gasteiger partial charge in [-0.15, -0.1) is 0 Å². The van der Waals surface area contributed by atoms with Gasteiger partial charge in [0.1, 0.15) is 0 Å². The van der Waals surface area contributed by atoms with Crippen molar-refractivity contribution in [1.82, 2.24) is 15.8 Å². The van der Waals surface area contributed by atoms with Gasteiger partial charge in [0.25, 0.3) is 0 Å². The minimum atomic E-state index is -0.838. The second-order valence-electron chi connectivity index (χ2n) is 5.06. The molecule has 1 heterocycles. The third kappa shape index (κ3) is 3.99. The van der Waals surface area contributed by atoms with Crippen LogP contribution in [0.4, 0.5) is 0 Å². The number of amides is 3. The SMILES string of the molecule is CC(C)(C)C(=O)NNC(=O)C(=O)N1CCOCC1. The highest BCUT2D eigenvalue weighted by Crippen LogP contribution is 2.11. The Morgan fingerprint density at radius 1 is 1.06 bits per heavy atom. The lowest BCUT2D eigenvalue weighted by molar-refractivity contribution is -0.149. The van der Waals surface area contributed by atoms with Gasteiger partial charge in [0.05, 0.1) is 13.2 Å². The van der Waals surface area contributed by atoms with Crippen LogP contribution in [0.3, 0.4) is 0 Å². The van der Waals surface area contributed by atoms with Gasteiger partial charge >= 0.3 is 11.8 Å². The van der Waals surface area contributed by atoms with E-state index < -0.39 is 17.2 Å². The van der Waals surface area contributed by atoms with Crippen LogP contribution < -0.4 is 10.9 Å². The van der Waals surface area contributed by atoms with E-state index in [4.69, 9.17) is 4.74 Å². The van der Waals surface area contributed by atoms with E-state index in [9.17, 15) is 14.4 Å². The van der Waals surface area contributed by atoms with E-state index in [2.05, 4.69) is 10.9 Å². The number of morpholine rings is 1. The molecule has 3 amide bonds. The van der Waals surface area contributed by atoms with Crippen LogP contribution in [0.5, 0.6) is 0 Å². The highest BCUT2D eigenvalue weighted by atomic mass is 16.5. The molecule has 0 radical (unpaired) electrons. The van der Waals surface area contributed by atoms with E-state index in [-0.39, 0.29) is 5.91 Å². The Hall–Kier alpha value is -1.63. The van der Waals surface area contributed by atoms with E-state index in [1.54, 1.807) is 20.8 Å². The van der Waals surface area contributed by atoms with Gasteiger partial charge in [0.2, 0.25) is 5.91 Å². The van der Waals surface area contributed by atoms with E-state index >= 15 is 0 Å². The average Bonchev–Trinajstić information content (AvgIpc) is 2.34. The summed E-state index contributed by atoms with van der Waals surface area (Å²) in [4.78, 5) is 36.1. The Labute approximate surface area is 106 Å². The second kappa shape index (κ2) is 5.81. The number of rotatable bonds is 0. The maximum Gasteiger partial charge on any atom is 0.327 e. The molecule has 0 spiro atoms. The zero-order valence-corrected chi connectivity index (χ0v) is 10.9. The molecule has 0 aromatic carbocycles. The molecule has 1 rings (SSSR count). The molecule has 1 aliphatic rings. The highest BCUT2D eigenvalue weighted by Gasteiger charge is 2.26. The van der Waals surface area contributed by atoms with Crippen molar-refractivity contribution in [2.24, 2.45) is 5.41 Å². The number of nitrogens with zero attached hydrogens (tertiary/aromatic N) is 1. The number of hydrogen-bond acceptors (Lipinski definition) is 4. The van der Waals surface area contributed by atoms with Crippen LogP contribution in [0.15, 0.2) is 0 Å². The first-order valence-corrected chi connectivity index (χ1v) is 5.80. The maximum atomic E-state index is 11.7. The smallest absolute Gasteiger partial charge is 0.327 e. The standard InChI is InChI=1S/C11H19N3O4/c1-11(2,3)10(17)13-12-8(15)9(16)14-4-6-18-7-5-14/h4-7H2,1-3H3,(H,12,15)(H,13,17). The molecule has 7 heteroatoms. The number of hydrogen-bond donors (Lipinski definition) is 2. The Kier molecular flexibility index (Phi) is 4.66. The molecule has 102 valence electrons. The van der Waals surface area contributed by atoms with Crippen molar-refractivity contribution in [2.45, 2.75) is 20.8 Å². The maximum absolute atomic E-state index is 11.7. The number of ether oxygens (including phenoxy) is 1. The summed E-state index contributed by atoms with van der Waals surface area (Å²) >= 11 is 0. The molecule has 0 aliphatic carbocycles. The first-order valence-electron chi connectivity index (χ1n) is 5.80. The highest BCUT2D eigenvalue weighted by molar-refractivity contribution is 6.35. The molecule has 1 aliphatic heterocycles. The van der Waals surface area contributed by atoms with Crippen LogP contribution in [0.25, 0.3) is 0 Å². The fraction of sp³-hybridized carbons (Fsp3) is 0.727. The first-order chi connectivity index (χ1) is 8.32. The predicted molar refractivity (Wildman–Crippen MR) is 63.1 cm³/mol. The van der Waals surface area contributed by atoms with Gasteiger partial charge in [0.15, 0.2) is 0 Å². The van der Waals surface area contributed by atoms with Gasteiger partial charge < -0.3 is 9.64 Å². The van der Waals surface area contributed by atoms with Crippen molar-refractivity contribution in [2.75, 3.05) is 26.3 Å². The van der Waals surface area contributed by atoms with Crippen molar-refractivity contribution in [3.63, 3.8) is 0 Å². The van der Waals surface area contributed by atoms with Crippen molar-refractivity contribution in [3.8, 4) is 0 Å². The predicted octanol–water partition coefficient (Wildman–Crippen LogP) is -0.961. The zero-order chi connectivity index (χ0) is 13.8. The van der Waals surface area contributed by atoms with Crippen molar-refractivity contribution in [1.29, 1.82) is 0 Å². The van der Waals surface area contributed by atoms with Gasteiger partial charge in [0, 0.05) is 18.5 Å². The third-order valence-corrected chi connectivity index (χ3v) is 2.46. The lowest BCUT2D eigenvalue weighted by Gasteiger charge is -2.26. The average molecular weight is 257 g/mol. The summed E-state index contributed by atoms with van der Waals surface area (Å²) in [6, 6.07) is 0. The van der Waals surface area contributed by atoms with E-state index in [1.807, 2.05) is 0 Å². The Morgan fingerprint density at radius 3 is 2.11 bits per heavy atom. The quantitative estimate of drug-likeness (QED) is 0.432. The largest absolute Gasteiger partial charge is 0.378 e. The summed E-state index contributed by atoms with van der Waals surface area (Å²) in [6.45, 7) is 6.74.